The molecule has 0 aliphatic rings. The Morgan fingerprint density at radius 2 is 2.07 bits per heavy atom. The van der Waals surface area contributed by atoms with Crippen LogP contribution in [0.25, 0.3) is 22.6 Å². The van der Waals surface area contributed by atoms with Gasteiger partial charge in [0, 0.05) is 23.0 Å². The molecule has 2 amide bonds. The molecule has 0 aliphatic carbocycles. The highest BCUT2D eigenvalue weighted by atomic mass is 19.4. The fourth-order valence-corrected chi connectivity index (χ4v) is 2.87. The van der Waals surface area contributed by atoms with Crippen molar-refractivity contribution in [3.8, 4) is 11.3 Å². The summed E-state index contributed by atoms with van der Waals surface area (Å²) in [6.45, 7) is 0.478. The van der Waals surface area contributed by atoms with Gasteiger partial charge in [-0.1, -0.05) is 18.2 Å². The summed E-state index contributed by atoms with van der Waals surface area (Å²) in [7, 11) is 1.53. The first-order valence-electron chi connectivity index (χ1n) is 8.95. The number of urea groups is 1. The number of fused-ring (bicyclic) bond motifs is 1. The van der Waals surface area contributed by atoms with Crippen molar-refractivity contribution in [2.45, 2.75) is 13.1 Å². The van der Waals surface area contributed by atoms with Crippen molar-refractivity contribution in [3.63, 3.8) is 0 Å². The van der Waals surface area contributed by atoms with Crippen molar-refractivity contribution >= 4 is 23.1 Å². The third kappa shape index (κ3) is 5.09. The van der Waals surface area contributed by atoms with Gasteiger partial charge in [0.15, 0.2) is 0 Å². The van der Waals surface area contributed by atoms with E-state index in [1.165, 1.54) is 7.11 Å². The molecule has 2 heterocycles. The predicted molar refractivity (Wildman–Crippen MR) is 108 cm³/mol. The zero-order chi connectivity index (χ0) is 21.7. The fourth-order valence-electron chi connectivity index (χ4n) is 2.87. The Balaban J connectivity index is 1.82. The zero-order valence-corrected chi connectivity index (χ0v) is 16.2. The summed E-state index contributed by atoms with van der Waals surface area (Å²) in [4.78, 5) is 21.1. The third-order valence-corrected chi connectivity index (χ3v) is 4.19. The van der Waals surface area contributed by atoms with E-state index in [1.807, 2.05) is 41.8 Å². The molecule has 0 spiro atoms. The number of hydroxylamine groups is 1. The Morgan fingerprint density at radius 1 is 1.27 bits per heavy atom. The zero-order valence-electron chi connectivity index (χ0n) is 16.2. The number of amides is 2. The number of halogens is 3. The highest BCUT2D eigenvalue weighted by molar-refractivity contribution is 5.90. The number of rotatable bonds is 6. The van der Waals surface area contributed by atoms with Crippen LogP contribution in [0.1, 0.15) is 12.5 Å². The average molecular weight is 419 g/mol. The van der Waals surface area contributed by atoms with Crippen molar-refractivity contribution in [2.24, 2.45) is 0 Å². The van der Waals surface area contributed by atoms with Crippen LogP contribution in [-0.2, 0) is 4.84 Å². The van der Waals surface area contributed by atoms with Crippen LogP contribution in [0.5, 0.6) is 0 Å². The topological polar surface area (TPSA) is 79.7 Å². The second kappa shape index (κ2) is 8.87. The number of nitrogens with one attached hydrogen (secondary N) is 3. The van der Waals surface area contributed by atoms with Gasteiger partial charge >= 0.3 is 12.2 Å². The number of aromatic nitrogens is 2. The highest BCUT2D eigenvalue weighted by Gasteiger charge is 2.27. The Hall–Kier alpha value is -3.53. The van der Waals surface area contributed by atoms with Gasteiger partial charge in [-0.15, -0.1) is 0 Å². The van der Waals surface area contributed by atoms with Gasteiger partial charge in [-0.05, 0) is 31.2 Å². The molecule has 0 radical (unpaired) electrons. The number of benzene rings is 1. The van der Waals surface area contributed by atoms with Crippen molar-refractivity contribution in [3.05, 3.63) is 60.4 Å². The van der Waals surface area contributed by atoms with Crippen molar-refractivity contribution in [1.82, 2.24) is 20.2 Å². The van der Waals surface area contributed by atoms with Gasteiger partial charge in [0.05, 0.1) is 24.7 Å². The van der Waals surface area contributed by atoms with E-state index >= 15 is 0 Å². The summed E-state index contributed by atoms with van der Waals surface area (Å²) >= 11 is 0. The molecular formula is C20H20F3N5O2. The maximum absolute atomic E-state index is 12.2. The first-order chi connectivity index (χ1) is 14.3. The number of pyridine rings is 1. The molecular weight excluding hydrogens is 399 g/mol. The Bertz CT molecular complexity index is 1080. The van der Waals surface area contributed by atoms with E-state index in [1.54, 1.807) is 29.7 Å². The summed E-state index contributed by atoms with van der Waals surface area (Å²) in [5.74, 6) is 0. The molecule has 30 heavy (non-hydrogen) atoms. The third-order valence-electron chi connectivity index (χ3n) is 4.19. The predicted octanol–water partition coefficient (Wildman–Crippen LogP) is 4.20. The van der Waals surface area contributed by atoms with E-state index in [4.69, 9.17) is 4.84 Å². The fraction of sp³-hybridized carbons (Fsp3) is 0.200. The van der Waals surface area contributed by atoms with Gasteiger partial charge in [0.1, 0.15) is 12.2 Å². The molecule has 0 atom stereocenters. The van der Waals surface area contributed by atoms with E-state index < -0.39 is 18.8 Å². The summed E-state index contributed by atoms with van der Waals surface area (Å²) in [6.07, 6.45) is 0.934. The lowest BCUT2D eigenvalue weighted by Gasteiger charge is -2.11. The molecule has 0 saturated carbocycles. The summed E-state index contributed by atoms with van der Waals surface area (Å²) in [5.41, 5.74) is 7.04. The molecule has 10 heteroatoms. The number of imidazole rings is 1. The molecule has 0 saturated heterocycles. The number of carbonyl (C=O) groups is 1. The Morgan fingerprint density at radius 3 is 2.77 bits per heavy atom. The molecule has 0 aliphatic heterocycles. The van der Waals surface area contributed by atoms with Crippen LogP contribution in [0, 0.1) is 0 Å². The molecule has 1 aromatic carbocycles. The van der Waals surface area contributed by atoms with Crippen LogP contribution in [0.2, 0.25) is 0 Å². The standard InChI is InChI=1S/C20H20F3N5O2/c1-3-16(27-30-2)13-7-8-28-17(11-24-18(28)10-13)14-5-4-6-15(9-14)26-19(29)25-12-20(21,22)23/h3-11,27H,12H2,1-2H3,(H2,25,26,29). The minimum absolute atomic E-state index is 0.360. The molecule has 0 fully saturated rings. The number of carbonyl (C=O) groups excluding carboxylic acids is 1. The van der Waals surface area contributed by atoms with Crippen molar-refractivity contribution in [2.75, 3.05) is 19.0 Å². The van der Waals surface area contributed by atoms with Crippen LogP contribution in [-0.4, -0.2) is 35.2 Å². The van der Waals surface area contributed by atoms with E-state index in [2.05, 4.69) is 15.8 Å². The molecule has 2 aromatic heterocycles. The van der Waals surface area contributed by atoms with Gasteiger partial charge in [-0.25, -0.2) is 9.78 Å². The maximum Gasteiger partial charge on any atom is 0.405 e. The number of anilines is 1. The highest BCUT2D eigenvalue weighted by Crippen LogP contribution is 2.25. The van der Waals surface area contributed by atoms with E-state index in [0.29, 0.717) is 11.3 Å². The van der Waals surface area contributed by atoms with E-state index in [0.717, 1.165) is 22.5 Å². The maximum atomic E-state index is 12.2. The van der Waals surface area contributed by atoms with Gasteiger partial charge in [0.25, 0.3) is 0 Å². The second-order valence-electron chi connectivity index (χ2n) is 6.30. The van der Waals surface area contributed by atoms with Crippen LogP contribution in [0.15, 0.2) is 54.9 Å². The lowest BCUT2D eigenvalue weighted by atomic mass is 10.1. The number of alkyl halides is 3. The van der Waals surface area contributed by atoms with Crippen LogP contribution in [0.3, 0.4) is 0 Å². The first-order valence-corrected chi connectivity index (χ1v) is 8.95. The largest absolute Gasteiger partial charge is 0.405 e. The Labute approximate surface area is 170 Å². The molecule has 7 nitrogen and oxygen atoms in total. The number of nitrogens with zero attached hydrogens (tertiary/aromatic N) is 2. The van der Waals surface area contributed by atoms with Gasteiger partial charge in [0.2, 0.25) is 0 Å². The van der Waals surface area contributed by atoms with Crippen LogP contribution >= 0.6 is 0 Å². The molecule has 3 aromatic rings. The molecule has 3 N–H and O–H groups in total. The van der Waals surface area contributed by atoms with Crippen LogP contribution in [0.4, 0.5) is 23.7 Å². The average Bonchev–Trinajstić information content (AvgIpc) is 3.13. The first kappa shape index (κ1) is 21.2. The molecule has 158 valence electrons. The molecule has 0 bridgehead atoms. The van der Waals surface area contributed by atoms with E-state index in [9.17, 15) is 18.0 Å². The second-order valence-corrected chi connectivity index (χ2v) is 6.30. The molecule has 3 rings (SSSR count). The minimum atomic E-state index is -4.47. The van der Waals surface area contributed by atoms with E-state index in [-0.39, 0.29) is 0 Å². The monoisotopic (exact) mass is 419 g/mol. The van der Waals surface area contributed by atoms with Gasteiger partial charge in [-0.3, -0.25) is 14.7 Å². The molecule has 0 unspecified atom stereocenters. The number of hydrogen-bond donors (Lipinski definition) is 3. The lowest BCUT2D eigenvalue weighted by molar-refractivity contribution is -0.122. The Kier molecular flexibility index (Phi) is 6.26. The SMILES string of the molecule is CC=C(NOC)c1ccn2c(-c3cccc(NC(=O)NCC(F)(F)F)c3)cnc2c1. The van der Waals surface area contributed by atoms with Gasteiger partial charge < -0.3 is 10.6 Å². The van der Waals surface area contributed by atoms with Gasteiger partial charge in [-0.2, -0.15) is 13.2 Å². The lowest BCUT2D eigenvalue weighted by Crippen LogP contribution is -2.36. The van der Waals surface area contributed by atoms with Crippen molar-refractivity contribution in [1.29, 1.82) is 0 Å². The van der Waals surface area contributed by atoms with Crippen molar-refractivity contribution < 1.29 is 22.8 Å². The minimum Gasteiger partial charge on any atom is -0.329 e. The summed E-state index contributed by atoms with van der Waals surface area (Å²) in [5, 5.41) is 4.17. The normalized spacial score (nSPS) is 12.1. The summed E-state index contributed by atoms with van der Waals surface area (Å²) in [6, 6.07) is 9.62. The van der Waals surface area contributed by atoms with Crippen LogP contribution < -0.4 is 16.1 Å². The number of allylic oxidation sites excluding steroid dienone is 1. The smallest absolute Gasteiger partial charge is 0.329 e. The summed E-state index contributed by atoms with van der Waals surface area (Å²) < 4.78 is 38.6. The quantitative estimate of drug-likeness (QED) is 0.524. The number of hydrogen-bond acceptors (Lipinski definition) is 4.